The van der Waals surface area contributed by atoms with Gasteiger partial charge in [-0.05, 0) is 36.6 Å². The first kappa shape index (κ1) is 17.0. The van der Waals surface area contributed by atoms with Crippen molar-refractivity contribution in [1.82, 2.24) is 20.2 Å². The highest BCUT2D eigenvalue weighted by atomic mass is 16.6. The van der Waals surface area contributed by atoms with Crippen molar-refractivity contribution in [3.63, 3.8) is 0 Å². The molecule has 1 aliphatic heterocycles. The van der Waals surface area contributed by atoms with E-state index in [-0.39, 0.29) is 12.1 Å². The second-order valence-corrected chi connectivity index (χ2v) is 6.21. The van der Waals surface area contributed by atoms with Crippen LogP contribution in [0.15, 0.2) is 42.1 Å². The fourth-order valence-corrected chi connectivity index (χ4v) is 2.62. The summed E-state index contributed by atoms with van der Waals surface area (Å²) in [6.07, 6.45) is 5.86. The van der Waals surface area contributed by atoms with Crippen LogP contribution < -0.4 is 10.6 Å². The van der Waals surface area contributed by atoms with Gasteiger partial charge in [0.2, 0.25) is 0 Å². The maximum atomic E-state index is 11.8. The van der Waals surface area contributed by atoms with E-state index < -0.39 is 0 Å². The van der Waals surface area contributed by atoms with E-state index in [2.05, 4.69) is 52.8 Å². The fourth-order valence-electron chi connectivity index (χ4n) is 2.62. The number of aryl methyl sites for hydroxylation is 2. The zero-order chi connectivity index (χ0) is 17.6. The third-order valence-electron chi connectivity index (χ3n) is 4.28. The summed E-state index contributed by atoms with van der Waals surface area (Å²) in [7, 11) is 0. The summed E-state index contributed by atoms with van der Waals surface area (Å²) in [4.78, 5) is 21.2. The summed E-state index contributed by atoms with van der Waals surface area (Å²) in [6, 6.07) is 6.06. The number of hydrogen-bond donors (Lipinski definition) is 2. The Hall–Kier alpha value is -2.83. The Bertz CT molecular complexity index is 755. The summed E-state index contributed by atoms with van der Waals surface area (Å²) >= 11 is 0. The van der Waals surface area contributed by atoms with Crippen LogP contribution in [-0.2, 0) is 11.4 Å². The summed E-state index contributed by atoms with van der Waals surface area (Å²) in [5.74, 6) is 0. The topological polar surface area (TPSA) is 80.5 Å². The molecule has 0 aliphatic carbocycles. The second-order valence-electron chi connectivity index (χ2n) is 6.21. The Kier molecular flexibility index (Phi) is 5.33. The van der Waals surface area contributed by atoms with E-state index in [1.807, 2.05) is 10.8 Å². The standard InChI is InChI=1S/C18H23N5O2/c1-13-3-4-15(9-14(13)2)17-10-16(25-22-17)11-21-18(24)20-6-8-23-7-5-19-12-23/h3-5,7,9,12,16H,6,8,10-11H2,1-2H3,(H2,20,21,24)/t16-/m0/s1. The van der Waals surface area contributed by atoms with Gasteiger partial charge in [-0.1, -0.05) is 17.3 Å². The quantitative estimate of drug-likeness (QED) is 0.843. The number of amides is 2. The second kappa shape index (κ2) is 7.83. The number of oxime groups is 1. The van der Waals surface area contributed by atoms with E-state index in [9.17, 15) is 4.79 Å². The largest absolute Gasteiger partial charge is 0.390 e. The molecule has 1 aromatic carbocycles. The minimum absolute atomic E-state index is 0.129. The first-order valence-corrected chi connectivity index (χ1v) is 8.39. The summed E-state index contributed by atoms with van der Waals surface area (Å²) in [6.45, 7) is 5.83. The molecule has 0 bridgehead atoms. The average molecular weight is 341 g/mol. The third kappa shape index (κ3) is 4.59. The van der Waals surface area contributed by atoms with Crippen molar-refractivity contribution >= 4 is 11.7 Å². The smallest absolute Gasteiger partial charge is 0.314 e. The lowest BCUT2D eigenvalue weighted by Gasteiger charge is -2.11. The molecule has 2 N–H and O–H groups in total. The van der Waals surface area contributed by atoms with Crippen molar-refractivity contribution in [3.05, 3.63) is 53.6 Å². The van der Waals surface area contributed by atoms with E-state index >= 15 is 0 Å². The third-order valence-corrected chi connectivity index (χ3v) is 4.28. The highest BCUT2D eigenvalue weighted by Crippen LogP contribution is 2.18. The van der Waals surface area contributed by atoms with Crippen LogP contribution >= 0.6 is 0 Å². The molecule has 1 aromatic heterocycles. The molecule has 0 radical (unpaired) electrons. The van der Waals surface area contributed by atoms with Crippen LogP contribution in [0.25, 0.3) is 0 Å². The van der Waals surface area contributed by atoms with Crippen LogP contribution in [0.2, 0.25) is 0 Å². The van der Waals surface area contributed by atoms with E-state index in [0.29, 0.717) is 26.1 Å². The van der Waals surface area contributed by atoms with Crippen LogP contribution in [0, 0.1) is 13.8 Å². The molecule has 3 rings (SSSR count). The lowest BCUT2D eigenvalue weighted by Crippen LogP contribution is -2.40. The maximum Gasteiger partial charge on any atom is 0.314 e. The van der Waals surface area contributed by atoms with Crippen molar-refractivity contribution < 1.29 is 9.63 Å². The van der Waals surface area contributed by atoms with Crippen molar-refractivity contribution in [3.8, 4) is 0 Å². The molecule has 25 heavy (non-hydrogen) atoms. The van der Waals surface area contributed by atoms with Crippen LogP contribution in [-0.4, -0.2) is 40.5 Å². The molecular formula is C18H23N5O2. The van der Waals surface area contributed by atoms with Crippen molar-refractivity contribution in [2.75, 3.05) is 13.1 Å². The lowest BCUT2D eigenvalue weighted by atomic mass is 10.0. The van der Waals surface area contributed by atoms with Crippen LogP contribution in [0.3, 0.4) is 0 Å². The van der Waals surface area contributed by atoms with Crippen molar-refractivity contribution in [2.24, 2.45) is 5.16 Å². The Morgan fingerprint density at radius 2 is 2.20 bits per heavy atom. The molecule has 1 atom stereocenters. The van der Waals surface area contributed by atoms with E-state index in [1.165, 1.54) is 11.1 Å². The molecule has 7 heteroatoms. The molecule has 2 heterocycles. The normalized spacial score (nSPS) is 16.2. The van der Waals surface area contributed by atoms with Crippen LogP contribution in [0.4, 0.5) is 4.79 Å². The Morgan fingerprint density at radius 3 is 2.96 bits per heavy atom. The molecule has 7 nitrogen and oxygen atoms in total. The van der Waals surface area contributed by atoms with Gasteiger partial charge in [0, 0.05) is 31.9 Å². The number of nitrogens with zero attached hydrogens (tertiary/aromatic N) is 3. The van der Waals surface area contributed by atoms with Gasteiger partial charge in [-0.3, -0.25) is 0 Å². The van der Waals surface area contributed by atoms with Gasteiger partial charge in [0.15, 0.2) is 6.10 Å². The molecule has 0 spiro atoms. The molecule has 0 saturated carbocycles. The van der Waals surface area contributed by atoms with Crippen LogP contribution in [0.5, 0.6) is 0 Å². The van der Waals surface area contributed by atoms with Gasteiger partial charge in [-0.15, -0.1) is 0 Å². The number of carbonyl (C=O) groups is 1. The van der Waals surface area contributed by atoms with Crippen molar-refractivity contribution in [1.29, 1.82) is 0 Å². The highest BCUT2D eigenvalue weighted by molar-refractivity contribution is 6.01. The number of aromatic nitrogens is 2. The minimum Gasteiger partial charge on any atom is -0.390 e. The summed E-state index contributed by atoms with van der Waals surface area (Å²) in [5, 5.41) is 9.80. The van der Waals surface area contributed by atoms with Crippen LogP contribution in [0.1, 0.15) is 23.1 Å². The molecular weight excluding hydrogens is 318 g/mol. The Labute approximate surface area is 147 Å². The molecule has 0 saturated heterocycles. The van der Waals surface area contributed by atoms with Gasteiger partial charge in [0.1, 0.15) is 0 Å². The predicted molar refractivity (Wildman–Crippen MR) is 95.6 cm³/mol. The number of nitrogens with one attached hydrogen (secondary N) is 2. The van der Waals surface area contributed by atoms with Gasteiger partial charge >= 0.3 is 6.03 Å². The summed E-state index contributed by atoms with van der Waals surface area (Å²) in [5.41, 5.74) is 4.50. The molecule has 0 unspecified atom stereocenters. The highest BCUT2D eigenvalue weighted by Gasteiger charge is 2.22. The minimum atomic E-state index is -0.205. The lowest BCUT2D eigenvalue weighted by molar-refractivity contribution is 0.0865. The average Bonchev–Trinajstić information content (AvgIpc) is 3.27. The Balaban J connectivity index is 1.38. The van der Waals surface area contributed by atoms with Gasteiger partial charge in [-0.2, -0.15) is 0 Å². The number of urea groups is 1. The number of imidazole rings is 1. The predicted octanol–water partition coefficient (Wildman–Crippen LogP) is 1.99. The van der Waals surface area contributed by atoms with Crippen molar-refractivity contribution in [2.45, 2.75) is 32.9 Å². The molecule has 2 aromatic rings. The SMILES string of the molecule is Cc1ccc(C2=NO[C@H](CNC(=O)NCCn3ccnc3)C2)cc1C. The van der Waals surface area contributed by atoms with E-state index in [0.717, 1.165) is 11.3 Å². The zero-order valence-corrected chi connectivity index (χ0v) is 14.5. The number of rotatable bonds is 6. The van der Waals surface area contributed by atoms with Gasteiger partial charge < -0.3 is 20.0 Å². The summed E-state index contributed by atoms with van der Waals surface area (Å²) < 4.78 is 1.91. The van der Waals surface area contributed by atoms with Gasteiger partial charge in [0.05, 0.1) is 18.6 Å². The number of carbonyl (C=O) groups excluding carboxylic acids is 1. The number of hydrogen-bond acceptors (Lipinski definition) is 4. The van der Waals surface area contributed by atoms with E-state index in [1.54, 1.807) is 12.5 Å². The molecule has 1 aliphatic rings. The molecule has 0 fully saturated rings. The van der Waals surface area contributed by atoms with Gasteiger partial charge in [-0.25, -0.2) is 9.78 Å². The zero-order valence-electron chi connectivity index (χ0n) is 14.5. The Morgan fingerprint density at radius 1 is 1.32 bits per heavy atom. The van der Waals surface area contributed by atoms with E-state index in [4.69, 9.17) is 4.84 Å². The molecule has 132 valence electrons. The number of benzene rings is 1. The van der Waals surface area contributed by atoms with Gasteiger partial charge in [0.25, 0.3) is 0 Å². The first-order chi connectivity index (χ1) is 12.1. The fraction of sp³-hybridized carbons (Fsp3) is 0.389. The molecule has 2 amide bonds. The maximum absolute atomic E-state index is 11.8. The first-order valence-electron chi connectivity index (χ1n) is 8.39. The monoisotopic (exact) mass is 341 g/mol.